The van der Waals surface area contributed by atoms with Crippen LogP contribution in [0.15, 0.2) is 58.5 Å². The van der Waals surface area contributed by atoms with Crippen LogP contribution in [0.1, 0.15) is 52.4 Å². The standard InChI is InChI=1S/C27H32N2O5S/c1-19(2)20-6-8-21(9-7-20)34-18-23-22-11-16-35-25(22)10-12-29(23)26(30)17-28(13-15-32-3)27(31)24-5-4-14-33-24/h4-9,11,14,16,19,23H,10,12-13,15,17-18H2,1-3H3/t23-/m1/s1. The first-order chi connectivity index (χ1) is 17.0. The van der Waals surface area contributed by atoms with Crippen LogP contribution in [0.4, 0.5) is 0 Å². The quantitative estimate of drug-likeness (QED) is 0.405. The number of ether oxygens (including phenoxy) is 2. The molecule has 0 aliphatic carbocycles. The first-order valence-electron chi connectivity index (χ1n) is 11.9. The molecule has 2 aromatic heterocycles. The number of hydrogen-bond donors (Lipinski definition) is 0. The fraction of sp³-hybridized carbons (Fsp3) is 0.407. The molecule has 0 N–H and O–H groups in total. The lowest BCUT2D eigenvalue weighted by molar-refractivity contribution is -0.135. The lowest BCUT2D eigenvalue weighted by Gasteiger charge is -2.37. The van der Waals surface area contributed by atoms with Crippen molar-refractivity contribution in [3.8, 4) is 5.75 Å². The first-order valence-corrected chi connectivity index (χ1v) is 12.8. The minimum atomic E-state index is -0.327. The summed E-state index contributed by atoms with van der Waals surface area (Å²) in [4.78, 5) is 31.1. The van der Waals surface area contributed by atoms with E-state index in [1.807, 2.05) is 17.0 Å². The summed E-state index contributed by atoms with van der Waals surface area (Å²) in [6.07, 6.45) is 2.25. The average molecular weight is 497 g/mol. The van der Waals surface area contributed by atoms with E-state index in [1.54, 1.807) is 30.6 Å². The van der Waals surface area contributed by atoms with Gasteiger partial charge in [-0.3, -0.25) is 9.59 Å². The molecular weight excluding hydrogens is 464 g/mol. The molecule has 4 rings (SSSR count). The van der Waals surface area contributed by atoms with Crippen molar-refractivity contribution in [3.63, 3.8) is 0 Å². The van der Waals surface area contributed by atoms with Gasteiger partial charge in [-0.05, 0) is 59.2 Å². The molecule has 0 fully saturated rings. The van der Waals surface area contributed by atoms with E-state index in [-0.39, 0.29) is 30.2 Å². The highest BCUT2D eigenvalue weighted by atomic mass is 32.1. The van der Waals surface area contributed by atoms with Crippen LogP contribution in [-0.2, 0) is 16.0 Å². The molecule has 0 bridgehead atoms. The monoisotopic (exact) mass is 496 g/mol. The molecule has 0 saturated carbocycles. The minimum absolute atomic E-state index is 0.0536. The van der Waals surface area contributed by atoms with Gasteiger partial charge >= 0.3 is 0 Å². The number of rotatable bonds is 10. The van der Waals surface area contributed by atoms with Crippen molar-refractivity contribution in [2.45, 2.75) is 32.2 Å². The number of carbonyl (C=O) groups excluding carboxylic acids is 2. The van der Waals surface area contributed by atoms with Crippen molar-refractivity contribution in [1.29, 1.82) is 0 Å². The maximum atomic E-state index is 13.5. The molecule has 1 aromatic carbocycles. The zero-order chi connectivity index (χ0) is 24.8. The van der Waals surface area contributed by atoms with Crippen molar-refractivity contribution >= 4 is 23.2 Å². The molecule has 0 unspecified atom stereocenters. The molecule has 186 valence electrons. The van der Waals surface area contributed by atoms with Crippen molar-refractivity contribution in [3.05, 3.63) is 75.9 Å². The summed E-state index contributed by atoms with van der Waals surface area (Å²) in [5.41, 5.74) is 2.37. The molecule has 1 aliphatic rings. The topological polar surface area (TPSA) is 72.2 Å². The van der Waals surface area contributed by atoms with Gasteiger partial charge in [0.2, 0.25) is 5.91 Å². The van der Waals surface area contributed by atoms with E-state index in [4.69, 9.17) is 13.9 Å². The summed E-state index contributed by atoms with van der Waals surface area (Å²) in [6.45, 7) is 5.82. The fourth-order valence-corrected chi connectivity index (χ4v) is 5.19. The van der Waals surface area contributed by atoms with Crippen LogP contribution in [-0.4, -0.2) is 61.6 Å². The molecule has 2 amide bonds. The lowest BCUT2D eigenvalue weighted by atomic mass is 10.00. The molecule has 1 aliphatic heterocycles. The zero-order valence-corrected chi connectivity index (χ0v) is 21.3. The molecule has 35 heavy (non-hydrogen) atoms. The Morgan fingerprint density at radius 2 is 2.00 bits per heavy atom. The largest absolute Gasteiger partial charge is 0.491 e. The molecule has 0 spiro atoms. The van der Waals surface area contributed by atoms with Crippen LogP contribution in [0, 0.1) is 0 Å². The predicted molar refractivity (Wildman–Crippen MR) is 135 cm³/mol. The van der Waals surface area contributed by atoms with Crippen LogP contribution in [0.2, 0.25) is 0 Å². The van der Waals surface area contributed by atoms with Gasteiger partial charge in [0.05, 0.1) is 18.9 Å². The Morgan fingerprint density at radius 1 is 1.20 bits per heavy atom. The van der Waals surface area contributed by atoms with Gasteiger partial charge in [0.25, 0.3) is 5.91 Å². The molecule has 0 saturated heterocycles. The Morgan fingerprint density at radius 3 is 2.69 bits per heavy atom. The van der Waals surface area contributed by atoms with Gasteiger partial charge in [0.15, 0.2) is 5.76 Å². The number of nitrogens with zero attached hydrogens (tertiary/aromatic N) is 2. The summed E-state index contributed by atoms with van der Waals surface area (Å²) >= 11 is 1.71. The smallest absolute Gasteiger partial charge is 0.290 e. The van der Waals surface area contributed by atoms with Crippen molar-refractivity contribution in [2.75, 3.05) is 40.0 Å². The van der Waals surface area contributed by atoms with Crippen LogP contribution < -0.4 is 4.74 Å². The maximum absolute atomic E-state index is 13.5. The van der Waals surface area contributed by atoms with E-state index in [9.17, 15) is 9.59 Å². The molecule has 1 atom stereocenters. The Bertz CT molecular complexity index is 1110. The number of thiophene rings is 1. The molecule has 7 nitrogen and oxygen atoms in total. The second-order valence-electron chi connectivity index (χ2n) is 8.88. The van der Waals surface area contributed by atoms with Crippen molar-refractivity contribution < 1.29 is 23.5 Å². The molecular formula is C27H32N2O5S. The van der Waals surface area contributed by atoms with Crippen LogP contribution >= 0.6 is 11.3 Å². The minimum Gasteiger partial charge on any atom is -0.491 e. The SMILES string of the molecule is COCCN(CC(=O)N1CCc2sccc2[C@H]1COc1ccc(C(C)C)cc1)C(=O)c1ccco1. The van der Waals surface area contributed by atoms with E-state index >= 15 is 0 Å². The maximum Gasteiger partial charge on any atom is 0.290 e. The van der Waals surface area contributed by atoms with Gasteiger partial charge < -0.3 is 23.7 Å². The number of methoxy groups -OCH3 is 1. The van der Waals surface area contributed by atoms with Crippen molar-refractivity contribution in [1.82, 2.24) is 9.80 Å². The van der Waals surface area contributed by atoms with E-state index in [0.29, 0.717) is 32.2 Å². The van der Waals surface area contributed by atoms with Crippen LogP contribution in [0.3, 0.4) is 0 Å². The van der Waals surface area contributed by atoms with Gasteiger partial charge in [0, 0.05) is 25.1 Å². The van der Waals surface area contributed by atoms with Gasteiger partial charge in [-0.25, -0.2) is 0 Å². The molecule has 8 heteroatoms. The average Bonchev–Trinajstić information content (AvgIpc) is 3.57. The summed E-state index contributed by atoms with van der Waals surface area (Å²) in [5, 5.41) is 2.06. The number of carbonyl (C=O) groups is 2. The predicted octanol–water partition coefficient (Wildman–Crippen LogP) is 4.76. The van der Waals surface area contributed by atoms with Gasteiger partial charge in [-0.1, -0.05) is 26.0 Å². The fourth-order valence-electron chi connectivity index (χ4n) is 4.26. The number of benzene rings is 1. The Kier molecular flexibility index (Phi) is 8.25. The molecule has 3 aromatic rings. The zero-order valence-electron chi connectivity index (χ0n) is 20.4. The van der Waals surface area contributed by atoms with Crippen LogP contribution in [0.5, 0.6) is 5.75 Å². The third-order valence-electron chi connectivity index (χ3n) is 6.28. The number of fused-ring (bicyclic) bond motifs is 1. The molecule has 0 radical (unpaired) electrons. The Balaban J connectivity index is 1.49. The summed E-state index contributed by atoms with van der Waals surface area (Å²) in [7, 11) is 1.57. The number of amides is 2. The number of hydrogen-bond acceptors (Lipinski definition) is 6. The lowest BCUT2D eigenvalue weighted by Crippen LogP contribution is -2.48. The number of furan rings is 1. The Labute approximate surface area is 210 Å². The summed E-state index contributed by atoms with van der Waals surface area (Å²) in [6, 6.07) is 13.2. The van der Waals surface area contributed by atoms with E-state index in [1.165, 1.54) is 21.6 Å². The second kappa shape index (κ2) is 11.6. The third kappa shape index (κ3) is 5.94. The van der Waals surface area contributed by atoms with Crippen molar-refractivity contribution in [2.24, 2.45) is 0 Å². The normalized spacial score (nSPS) is 15.2. The first kappa shape index (κ1) is 25.0. The third-order valence-corrected chi connectivity index (χ3v) is 7.28. The second-order valence-corrected chi connectivity index (χ2v) is 9.88. The van der Waals surface area contributed by atoms with Crippen LogP contribution in [0.25, 0.3) is 0 Å². The van der Waals surface area contributed by atoms with Gasteiger partial charge in [-0.2, -0.15) is 0 Å². The Hall–Kier alpha value is -3.10. The van der Waals surface area contributed by atoms with Gasteiger partial charge in [-0.15, -0.1) is 11.3 Å². The van der Waals surface area contributed by atoms with E-state index < -0.39 is 0 Å². The van der Waals surface area contributed by atoms with E-state index in [2.05, 4.69) is 37.4 Å². The highest BCUT2D eigenvalue weighted by molar-refractivity contribution is 7.10. The van der Waals surface area contributed by atoms with Gasteiger partial charge in [0.1, 0.15) is 18.9 Å². The summed E-state index contributed by atoms with van der Waals surface area (Å²) in [5.74, 6) is 0.985. The highest BCUT2D eigenvalue weighted by Crippen LogP contribution is 2.34. The summed E-state index contributed by atoms with van der Waals surface area (Å²) < 4.78 is 16.6. The van der Waals surface area contributed by atoms with E-state index in [0.717, 1.165) is 17.7 Å². The highest BCUT2D eigenvalue weighted by Gasteiger charge is 2.34. The molecule has 3 heterocycles.